The van der Waals surface area contributed by atoms with Crippen LogP contribution in [0, 0.1) is 0 Å². The fourth-order valence-electron chi connectivity index (χ4n) is 1.68. The van der Waals surface area contributed by atoms with Crippen molar-refractivity contribution in [3.05, 3.63) is 35.2 Å². The molecule has 2 N–H and O–H groups in total. The van der Waals surface area contributed by atoms with Gasteiger partial charge in [0.1, 0.15) is 0 Å². The van der Waals surface area contributed by atoms with E-state index in [0.29, 0.717) is 0 Å². The molecular formula is C11H14N2S. The van der Waals surface area contributed by atoms with E-state index < -0.39 is 0 Å². The fraction of sp³-hybridized carbons (Fsp3) is 0.273. The van der Waals surface area contributed by atoms with Crippen LogP contribution in [-0.4, -0.2) is 14.1 Å². The Balaban J connectivity index is 2.51. The van der Waals surface area contributed by atoms with Crippen LogP contribution in [0.3, 0.4) is 0 Å². The molecule has 0 saturated heterocycles. The van der Waals surface area contributed by atoms with Gasteiger partial charge in [0.15, 0.2) is 0 Å². The molecule has 2 rings (SSSR count). The Bertz CT molecular complexity index is 418. The van der Waals surface area contributed by atoms with E-state index >= 15 is 0 Å². The predicted octanol–water partition coefficient (Wildman–Crippen LogP) is 2.34. The van der Waals surface area contributed by atoms with E-state index in [9.17, 15) is 0 Å². The van der Waals surface area contributed by atoms with E-state index in [1.807, 2.05) is 14.1 Å². The number of benzene rings is 1. The Kier molecular flexibility index (Phi) is 2.82. The molecule has 0 bridgehead atoms. The first-order chi connectivity index (χ1) is 6.86. The van der Waals surface area contributed by atoms with Crippen LogP contribution >= 0.6 is 11.3 Å². The van der Waals surface area contributed by atoms with Crippen molar-refractivity contribution in [2.24, 2.45) is 0 Å². The minimum absolute atomic E-state index is 0.242. The van der Waals surface area contributed by atoms with E-state index in [1.54, 1.807) is 11.3 Å². The molecule has 0 spiro atoms. The largest absolute Gasteiger partial charge is 0.301 e. The van der Waals surface area contributed by atoms with Crippen LogP contribution in [-0.2, 0) is 0 Å². The summed E-state index contributed by atoms with van der Waals surface area (Å²) in [5.74, 6) is 0. The zero-order valence-electron chi connectivity index (χ0n) is 8.37. The number of nitrogens with one attached hydrogen (secondary N) is 2. The first-order valence-corrected chi connectivity index (χ1v) is 5.55. The normalized spacial score (nSPS) is 11.4. The van der Waals surface area contributed by atoms with E-state index in [0.717, 1.165) is 0 Å². The molecule has 0 radical (unpaired) electrons. The molecule has 14 heavy (non-hydrogen) atoms. The Morgan fingerprint density at radius 3 is 2.57 bits per heavy atom. The summed E-state index contributed by atoms with van der Waals surface area (Å²) in [6, 6.07) is 8.49. The van der Waals surface area contributed by atoms with Crippen LogP contribution in [0.5, 0.6) is 0 Å². The molecule has 0 aliphatic rings. The lowest BCUT2D eigenvalue weighted by molar-refractivity contribution is 0.525. The Morgan fingerprint density at radius 2 is 1.86 bits per heavy atom. The van der Waals surface area contributed by atoms with Gasteiger partial charge in [-0.25, -0.2) is 0 Å². The SMILES string of the molecule is CNC(NC)c1csc2ccccc12. The average Bonchev–Trinajstić information content (AvgIpc) is 2.65. The van der Waals surface area contributed by atoms with Gasteiger partial charge in [-0.2, -0.15) is 0 Å². The topological polar surface area (TPSA) is 24.1 Å². The maximum absolute atomic E-state index is 3.24. The Labute approximate surface area is 87.9 Å². The highest BCUT2D eigenvalue weighted by molar-refractivity contribution is 7.17. The highest BCUT2D eigenvalue weighted by Crippen LogP contribution is 2.28. The Morgan fingerprint density at radius 1 is 1.14 bits per heavy atom. The van der Waals surface area contributed by atoms with Crippen molar-refractivity contribution in [1.82, 2.24) is 10.6 Å². The molecular weight excluding hydrogens is 192 g/mol. The van der Waals surface area contributed by atoms with Gasteiger partial charge in [-0.1, -0.05) is 18.2 Å². The smallest absolute Gasteiger partial charge is 0.0844 e. The third-order valence-electron chi connectivity index (χ3n) is 2.40. The second-order valence-electron chi connectivity index (χ2n) is 3.20. The molecule has 1 aromatic heterocycles. The molecule has 3 heteroatoms. The number of fused-ring (bicyclic) bond motifs is 1. The molecule has 2 nitrogen and oxygen atoms in total. The minimum Gasteiger partial charge on any atom is -0.301 e. The highest BCUT2D eigenvalue weighted by atomic mass is 32.1. The van der Waals surface area contributed by atoms with Crippen molar-refractivity contribution in [2.75, 3.05) is 14.1 Å². The van der Waals surface area contributed by atoms with Crippen LogP contribution in [0.15, 0.2) is 29.6 Å². The van der Waals surface area contributed by atoms with Gasteiger partial charge in [0.2, 0.25) is 0 Å². The molecule has 0 atom stereocenters. The third kappa shape index (κ3) is 1.54. The number of rotatable bonds is 3. The van der Waals surface area contributed by atoms with Crippen molar-refractivity contribution >= 4 is 21.4 Å². The van der Waals surface area contributed by atoms with Crippen molar-refractivity contribution in [3.8, 4) is 0 Å². The van der Waals surface area contributed by atoms with Gasteiger partial charge < -0.3 is 10.6 Å². The summed E-state index contributed by atoms with van der Waals surface area (Å²) in [6.45, 7) is 0. The molecule has 1 aromatic carbocycles. The van der Waals surface area contributed by atoms with E-state index in [-0.39, 0.29) is 6.17 Å². The maximum Gasteiger partial charge on any atom is 0.0844 e. The van der Waals surface area contributed by atoms with Gasteiger partial charge >= 0.3 is 0 Å². The van der Waals surface area contributed by atoms with Crippen LogP contribution < -0.4 is 10.6 Å². The molecule has 0 aliphatic carbocycles. The maximum atomic E-state index is 3.24. The lowest BCUT2D eigenvalue weighted by Crippen LogP contribution is -2.28. The Hall–Kier alpha value is -0.900. The lowest BCUT2D eigenvalue weighted by Gasteiger charge is -2.14. The third-order valence-corrected chi connectivity index (χ3v) is 3.38. The minimum atomic E-state index is 0.242. The van der Waals surface area contributed by atoms with Gasteiger partial charge in [0, 0.05) is 10.3 Å². The van der Waals surface area contributed by atoms with Crippen molar-refractivity contribution in [1.29, 1.82) is 0 Å². The first kappa shape index (κ1) is 9.65. The first-order valence-electron chi connectivity index (χ1n) is 4.67. The monoisotopic (exact) mass is 206 g/mol. The number of hydrogen-bond acceptors (Lipinski definition) is 3. The molecule has 2 aromatic rings. The van der Waals surface area contributed by atoms with E-state index in [4.69, 9.17) is 0 Å². The van der Waals surface area contributed by atoms with Crippen LogP contribution in [0.4, 0.5) is 0 Å². The van der Waals surface area contributed by atoms with Gasteiger partial charge in [-0.05, 0) is 30.9 Å². The summed E-state index contributed by atoms with van der Waals surface area (Å²) in [7, 11) is 3.93. The molecule has 0 aliphatic heterocycles. The molecule has 0 fully saturated rings. The summed E-state index contributed by atoms with van der Waals surface area (Å²) in [5.41, 5.74) is 1.33. The van der Waals surface area contributed by atoms with Gasteiger partial charge in [-0.3, -0.25) is 0 Å². The standard InChI is InChI=1S/C11H14N2S/c1-12-11(13-2)9-7-14-10-6-4-3-5-8(9)10/h3-7,11-13H,1-2H3. The molecule has 0 unspecified atom stereocenters. The zero-order chi connectivity index (χ0) is 9.97. The molecule has 0 saturated carbocycles. The highest BCUT2D eigenvalue weighted by Gasteiger charge is 2.10. The van der Waals surface area contributed by atoms with Crippen molar-refractivity contribution in [3.63, 3.8) is 0 Å². The van der Waals surface area contributed by atoms with E-state index in [2.05, 4.69) is 40.3 Å². The van der Waals surface area contributed by atoms with Crippen molar-refractivity contribution < 1.29 is 0 Å². The van der Waals surface area contributed by atoms with Crippen LogP contribution in [0.25, 0.3) is 10.1 Å². The lowest BCUT2D eigenvalue weighted by atomic mass is 10.1. The quantitative estimate of drug-likeness (QED) is 0.753. The van der Waals surface area contributed by atoms with E-state index in [1.165, 1.54) is 15.6 Å². The summed E-state index contributed by atoms with van der Waals surface area (Å²) in [5, 5.41) is 10.0. The van der Waals surface area contributed by atoms with Gasteiger partial charge in [0.05, 0.1) is 6.17 Å². The van der Waals surface area contributed by atoms with Crippen molar-refractivity contribution in [2.45, 2.75) is 6.17 Å². The summed E-state index contributed by atoms with van der Waals surface area (Å²) < 4.78 is 1.35. The van der Waals surface area contributed by atoms with Crippen LogP contribution in [0.2, 0.25) is 0 Å². The summed E-state index contributed by atoms with van der Waals surface area (Å²) >= 11 is 1.79. The molecule has 1 heterocycles. The molecule has 74 valence electrons. The number of hydrogen-bond donors (Lipinski definition) is 2. The zero-order valence-corrected chi connectivity index (χ0v) is 9.19. The predicted molar refractivity (Wildman–Crippen MR) is 62.7 cm³/mol. The second kappa shape index (κ2) is 4.09. The average molecular weight is 206 g/mol. The van der Waals surface area contributed by atoms with Gasteiger partial charge in [0.25, 0.3) is 0 Å². The summed E-state index contributed by atoms with van der Waals surface area (Å²) in [6.07, 6.45) is 0.242. The summed E-state index contributed by atoms with van der Waals surface area (Å²) in [4.78, 5) is 0. The number of thiophene rings is 1. The fourth-order valence-corrected chi connectivity index (χ4v) is 2.66. The molecule has 0 amide bonds. The van der Waals surface area contributed by atoms with Crippen LogP contribution in [0.1, 0.15) is 11.7 Å². The van der Waals surface area contributed by atoms with Gasteiger partial charge in [-0.15, -0.1) is 11.3 Å². The second-order valence-corrected chi connectivity index (χ2v) is 4.11.